The van der Waals surface area contributed by atoms with E-state index in [0.29, 0.717) is 22.7 Å². The minimum atomic E-state index is -4.44. The molecule has 0 fully saturated rings. The van der Waals surface area contributed by atoms with Crippen LogP contribution in [0.3, 0.4) is 0 Å². The van der Waals surface area contributed by atoms with Gasteiger partial charge >= 0.3 is 6.18 Å². The number of aromatic nitrogens is 1. The second-order valence-electron chi connectivity index (χ2n) is 5.55. The molecule has 1 aromatic carbocycles. The number of rotatable bonds is 3. The van der Waals surface area contributed by atoms with Crippen molar-refractivity contribution in [3.63, 3.8) is 0 Å². The highest BCUT2D eigenvalue weighted by Gasteiger charge is 2.32. The standard InChI is InChI=1S/C18H15F3N2O/c1-23(2)17-15(10-14(11-22-17)18(19,20)21)12-5-3-6-13(9-12)16-7-4-8-24-16/h3-11H,1-2H3. The molecule has 0 amide bonds. The largest absolute Gasteiger partial charge is 0.464 e. The Morgan fingerprint density at radius 1 is 1.00 bits per heavy atom. The fraction of sp³-hybridized carbons (Fsp3) is 0.167. The molecule has 0 atom stereocenters. The lowest BCUT2D eigenvalue weighted by Crippen LogP contribution is -2.14. The molecule has 2 aromatic heterocycles. The third-order valence-corrected chi connectivity index (χ3v) is 3.60. The molecule has 6 heteroatoms. The first-order valence-electron chi connectivity index (χ1n) is 7.25. The molecule has 0 unspecified atom stereocenters. The van der Waals surface area contributed by atoms with Crippen molar-refractivity contribution in [2.75, 3.05) is 19.0 Å². The number of pyridine rings is 1. The number of hydrogen-bond donors (Lipinski definition) is 0. The Hall–Kier alpha value is -2.76. The Morgan fingerprint density at radius 2 is 1.75 bits per heavy atom. The fourth-order valence-corrected chi connectivity index (χ4v) is 2.46. The summed E-state index contributed by atoms with van der Waals surface area (Å²) in [5.74, 6) is 1.13. The zero-order chi connectivity index (χ0) is 17.3. The number of alkyl halides is 3. The van der Waals surface area contributed by atoms with E-state index in [-0.39, 0.29) is 0 Å². The van der Waals surface area contributed by atoms with Crippen molar-refractivity contribution >= 4 is 5.82 Å². The quantitative estimate of drug-likeness (QED) is 0.669. The molecule has 0 aliphatic carbocycles. The third-order valence-electron chi connectivity index (χ3n) is 3.60. The monoisotopic (exact) mass is 332 g/mol. The average Bonchev–Trinajstić information content (AvgIpc) is 3.08. The van der Waals surface area contributed by atoms with Crippen LogP contribution in [0, 0.1) is 0 Å². The minimum Gasteiger partial charge on any atom is -0.464 e. The molecule has 2 heterocycles. The Kier molecular flexibility index (Phi) is 4.05. The van der Waals surface area contributed by atoms with Crippen LogP contribution in [-0.4, -0.2) is 19.1 Å². The van der Waals surface area contributed by atoms with Gasteiger partial charge in [-0.1, -0.05) is 18.2 Å². The van der Waals surface area contributed by atoms with Crippen LogP contribution >= 0.6 is 0 Å². The molecule has 0 aliphatic rings. The van der Waals surface area contributed by atoms with Crippen molar-refractivity contribution in [1.82, 2.24) is 4.98 Å². The van der Waals surface area contributed by atoms with Gasteiger partial charge in [0.1, 0.15) is 11.6 Å². The summed E-state index contributed by atoms with van der Waals surface area (Å²) in [4.78, 5) is 5.69. The Balaban J connectivity index is 2.15. The van der Waals surface area contributed by atoms with Crippen LogP contribution in [0.15, 0.2) is 59.3 Å². The summed E-state index contributed by atoms with van der Waals surface area (Å²) in [7, 11) is 3.49. The van der Waals surface area contributed by atoms with Gasteiger partial charge in [-0.2, -0.15) is 13.2 Å². The van der Waals surface area contributed by atoms with Gasteiger partial charge in [-0.15, -0.1) is 0 Å². The first kappa shape index (κ1) is 16.1. The lowest BCUT2D eigenvalue weighted by molar-refractivity contribution is -0.137. The lowest BCUT2D eigenvalue weighted by atomic mass is 10.0. The molecule has 24 heavy (non-hydrogen) atoms. The molecule has 3 aromatic rings. The SMILES string of the molecule is CN(C)c1ncc(C(F)(F)F)cc1-c1cccc(-c2ccco2)c1. The Labute approximate surface area is 137 Å². The normalized spacial score (nSPS) is 11.5. The molecular formula is C18H15F3N2O. The van der Waals surface area contributed by atoms with Crippen LogP contribution in [0.4, 0.5) is 19.0 Å². The predicted octanol–water partition coefficient (Wildman–Crippen LogP) is 5.09. The summed E-state index contributed by atoms with van der Waals surface area (Å²) >= 11 is 0. The van der Waals surface area contributed by atoms with E-state index < -0.39 is 11.7 Å². The first-order chi connectivity index (χ1) is 11.4. The van der Waals surface area contributed by atoms with Crippen molar-refractivity contribution in [3.8, 4) is 22.5 Å². The Bertz CT molecular complexity index is 840. The maximum absolute atomic E-state index is 13.1. The van der Waals surface area contributed by atoms with Gasteiger partial charge in [-0.05, 0) is 29.8 Å². The highest BCUT2D eigenvalue weighted by molar-refractivity contribution is 5.79. The number of hydrogen-bond acceptors (Lipinski definition) is 3. The summed E-state index contributed by atoms with van der Waals surface area (Å²) in [5, 5.41) is 0. The van der Waals surface area contributed by atoms with E-state index in [1.54, 1.807) is 55.6 Å². The molecule has 3 nitrogen and oxygen atoms in total. The van der Waals surface area contributed by atoms with E-state index >= 15 is 0 Å². The van der Waals surface area contributed by atoms with Gasteiger partial charge in [-0.3, -0.25) is 0 Å². The zero-order valence-corrected chi connectivity index (χ0v) is 13.1. The number of benzene rings is 1. The predicted molar refractivity (Wildman–Crippen MR) is 86.7 cm³/mol. The van der Waals surface area contributed by atoms with Crippen molar-refractivity contribution in [2.24, 2.45) is 0 Å². The number of furan rings is 1. The van der Waals surface area contributed by atoms with Crippen LogP contribution in [0.25, 0.3) is 22.5 Å². The molecule has 0 bridgehead atoms. The zero-order valence-electron chi connectivity index (χ0n) is 13.1. The molecule has 0 saturated heterocycles. The summed E-state index contributed by atoms with van der Waals surface area (Å²) in [6.45, 7) is 0. The van der Waals surface area contributed by atoms with E-state index in [9.17, 15) is 13.2 Å². The third kappa shape index (κ3) is 3.13. The van der Waals surface area contributed by atoms with Gasteiger partial charge in [0.2, 0.25) is 0 Å². The van der Waals surface area contributed by atoms with Crippen LogP contribution in [0.1, 0.15) is 5.56 Å². The lowest BCUT2D eigenvalue weighted by Gasteiger charge is -2.18. The smallest absolute Gasteiger partial charge is 0.417 e. The summed E-state index contributed by atoms with van der Waals surface area (Å²) in [6.07, 6.45) is -2.03. The maximum atomic E-state index is 13.1. The second kappa shape index (κ2) is 6.03. The van der Waals surface area contributed by atoms with E-state index in [1.165, 1.54) is 0 Å². The van der Waals surface area contributed by atoms with Gasteiger partial charge in [0.25, 0.3) is 0 Å². The molecule has 0 radical (unpaired) electrons. The molecule has 0 saturated carbocycles. The second-order valence-corrected chi connectivity index (χ2v) is 5.55. The minimum absolute atomic E-state index is 0.420. The van der Waals surface area contributed by atoms with Gasteiger partial charge < -0.3 is 9.32 Å². The fourth-order valence-electron chi connectivity index (χ4n) is 2.46. The van der Waals surface area contributed by atoms with E-state index in [1.807, 2.05) is 6.07 Å². The molecule has 0 aliphatic heterocycles. The summed E-state index contributed by atoms with van der Waals surface area (Å²) in [5.41, 5.74) is 1.08. The van der Waals surface area contributed by atoms with Crippen LogP contribution in [0.2, 0.25) is 0 Å². The van der Waals surface area contributed by atoms with Crippen molar-refractivity contribution in [3.05, 3.63) is 60.5 Å². The van der Waals surface area contributed by atoms with Gasteiger partial charge in [0.05, 0.1) is 11.8 Å². The number of nitrogens with zero attached hydrogens (tertiary/aromatic N) is 2. The van der Waals surface area contributed by atoms with Crippen molar-refractivity contribution in [2.45, 2.75) is 6.18 Å². The number of anilines is 1. The van der Waals surface area contributed by atoms with Crippen molar-refractivity contribution in [1.29, 1.82) is 0 Å². The Morgan fingerprint density at radius 3 is 2.38 bits per heavy atom. The molecule has 124 valence electrons. The van der Waals surface area contributed by atoms with Gasteiger partial charge in [-0.25, -0.2) is 4.98 Å². The highest BCUT2D eigenvalue weighted by Crippen LogP contribution is 2.36. The van der Waals surface area contributed by atoms with E-state index in [4.69, 9.17) is 4.42 Å². The molecule has 0 spiro atoms. The topological polar surface area (TPSA) is 29.3 Å². The molecular weight excluding hydrogens is 317 g/mol. The maximum Gasteiger partial charge on any atom is 0.417 e. The number of halogens is 3. The highest BCUT2D eigenvalue weighted by atomic mass is 19.4. The van der Waals surface area contributed by atoms with Crippen LogP contribution in [-0.2, 0) is 6.18 Å². The molecule has 0 N–H and O–H groups in total. The molecule has 3 rings (SSSR count). The van der Waals surface area contributed by atoms with Gasteiger partial charge in [0.15, 0.2) is 0 Å². The summed E-state index contributed by atoms with van der Waals surface area (Å²) < 4.78 is 44.5. The summed E-state index contributed by atoms with van der Waals surface area (Å²) in [6, 6.07) is 11.9. The van der Waals surface area contributed by atoms with E-state index in [0.717, 1.165) is 17.8 Å². The average molecular weight is 332 g/mol. The van der Waals surface area contributed by atoms with Crippen molar-refractivity contribution < 1.29 is 17.6 Å². The van der Waals surface area contributed by atoms with Crippen LogP contribution in [0.5, 0.6) is 0 Å². The van der Waals surface area contributed by atoms with E-state index in [2.05, 4.69) is 4.98 Å². The first-order valence-corrected chi connectivity index (χ1v) is 7.25. The van der Waals surface area contributed by atoms with Gasteiger partial charge in [0, 0.05) is 31.4 Å². The van der Waals surface area contributed by atoms with Crippen LogP contribution < -0.4 is 4.90 Å².